The quantitative estimate of drug-likeness (QED) is 0.376. The Morgan fingerprint density at radius 2 is 1.11 bits per heavy atom. The predicted molar refractivity (Wildman–Crippen MR) is 56.4 cm³/mol. The molecule has 0 amide bonds. The van der Waals surface area contributed by atoms with Crippen molar-refractivity contribution in [2.75, 3.05) is 20.0 Å². The van der Waals surface area contributed by atoms with Gasteiger partial charge in [0, 0.05) is 0 Å². The van der Waals surface area contributed by atoms with Crippen LogP contribution < -0.4 is 0 Å². The van der Waals surface area contributed by atoms with Gasteiger partial charge in [-0.1, -0.05) is 0 Å². The molecule has 0 aliphatic heterocycles. The highest BCUT2D eigenvalue weighted by atomic mass is 19.4. The van der Waals surface area contributed by atoms with Gasteiger partial charge in [0.2, 0.25) is 5.67 Å². The lowest BCUT2D eigenvalue weighted by atomic mass is 9.74. The van der Waals surface area contributed by atoms with Crippen LogP contribution in [0.15, 0.2) is 0 Å². The minimum absolute atomic E-state index is 3.30. The van der Waals surface area contributed by atoms with Gasteiger partial charge in [0.25, 0.3) is 0 Å². The summed E-state index contributed by atoms with van der Waals surface area (Å²) in [6, 6.07) is -4.79. The Balaban J connectivity index is 7.08. The van der Waals surface area contributed by atoms with Gasteiger partial charge in [-0.2, -0.15) is 35.1 Å². The molecule has 0 radical (unpaired) electrons. The number of halogens is 15. The van der Waals surface area contributed by atoms with Gasteiger partial charge < -0.3 is 0 Å². The summed E-state index contributed by atoms with van der Waals surface area (Å²) < 4.78 is 196. The monoisotopic (exact) mass is 440 g/mol. The lowest BCUT2D eigenvalue weighted by Crippen LogP contribution is -2.77. The van der Waals surface area contributed by atoms with Gasteiger partial charge in [-0.25, -0.2) is 30.7 Å². The van der Waals surface area contributed by atoms with E-state index >= 15 is 0 Å². The fourth-order valence-corrected chi connectivity index (χ4v) is 1.85. The summed E-state index contributed by atoms with van der Waals surface area (Å²) in [6.45, 7) is -10.4. The zero-order valence-electron chi connectivity index (χ0n) is 12.3. The SMILES string of the molecule is O=C(F)C(F)(C(F)(F)CF)C(F)(F)C(F)(C(F)C(F)(CF)CF)C(F)(F)F. The summed E-state index contributed by atoms with van der Waals surface area (Å²) in [4.78, 5) is 10.2. The highest BCUT2D eigenvalue weighted by Gasteiger charge is 2.91. The molecule has 3 atom stereocenters. The van der Waals surface area contributed by atoms with Crippen LogP contribution in [0.25, 0.3) is 0 Å². The summed E-state index contributed by atoms with van der Waals surface area (Å²) in [5.41, 5.74) is -20.4. The molecule has 16 heteroatoms. The zero-order valence-corrected chi connectivity index (χ0v) is 12.3. The summed E-state index contributed by atoms with van der Waals surface area (Å²) in [5.74, 6) is -14.7. The number of hydrogen-bond acceptors (Lipinski definition) is 1. The maximum atomic E-state index is 14.0. The van der Waals surface area contributed by atoms with Crippen LogP contribution in [0, 0.1) is 0 Å². The van der Waals surface area contributed by atoms with Crippen molar-refractivity contribution in [3.63, 3.8) is 0 Å². The Hall–Kier alpha value is -1.38. The van der Waals surface area contributed by atoms with Gasteiger partial charge in [-0.15, -0.1) is 0 Å². The van der Waals surface area contributed by atoms with Gasteiger partial charge in [-0.05, 0) is 0 Å². The second kappa shape index (κ2) is 7.22. The van der Waals surface area contributed by atoms with E-state index in [4.69, 9.17) is 0 Å². The molecule has 162 valence electrons. The van der Waals surface area contributed by atoms with Crippen LogP contribution in [-0.4, -0.2) is 67.3 Å². The first-order valence-corrected chi connectivity index (χ1v) is 6.19. The van der Waals surface area contributed by atoms with E-state index in [0.717, 1.165) is 0 Å². The van der Waals surface area contributed by atoms with Gasteiger partial charge in [0.15, 0.2) is 12.8 Å². The maximum absolute atomic E-state index is 14.0. The van der Waals surface area contributed by atoms with Gasteiger partial charge >= 0.3 is 35.4 Å². The molecule has 0 fully saturated rings. The third-order valence-electron chi connectivity index (χ3n) is 3.49. The number of rotatable bonds is 9. The minimum Gasteiger partial charge on any atom is -0.257 e. The lowest BCUT2D eigenvalue weighted by molar-refractivity contribution is -0.374. The fraction of sp³-hybridized carbons (Fsp3) is 0.909. The van der Waals surface area contributed by atoms with Crippen molar-refractivity contribution >= 4 is 6.04 Å². The first-order chi connectivity index (χ1) is 11.8. The minimum atomic E-state index is -7.94. The number of carbonyl (C=O) groups is 1. The van der Waals surface area contributed by atoms with E-state index in [1.165, 1.54) is 0 Å². The molecule has 0 aromatic rings. The maximum Gasteiger partial charge on any atom is 0.431 e. The van der Waals surface area contributed by atoms with Crippen molar-refractivity contribution in [2.24, 2.45) is 0 Å². The van der Waals surface area contributed by atoms with Gasteiger partial charge in [0.1, 0.15) is 13.3 Å². The van der Waals surface area contributed by atoms with Crippen molar-refractivity contribution in [1.29, 1.82) is 0 Å². The van der Waals surface area contributed by atoms with E-state index in [2.05, 4.69) is 0 Å². The lowest BCUT2D eigenvalue weighted by Gasteiger charge is -2.45. The van der Waals surface area contributed by atoms with Gasteiger partial charge in [-0.3, -0.25) is 4.79 Å². The third kappa shape index (κ3) is 3.32. The molecule has 0 rings (SSSR count). The molecule has 0 saturated carbocycles. The molecule has 0 bridgehead atoms. The Kier molecular flexibility index (Phi) is 6.85. The molecule has 3 unspecified atom stereocenters. The molecule has 0 spiro atoms. The van der Waals surface area contributed by atoms with Crippen LogP contribution in [0.1, 0.15) is 0 Å². The van der Waals surface area contributed by atoms with E-state index in [-0.39, 0.29) is 0 Å². The third-order valence-corrected chi connectivity index (χ3v) is 3.49. The smallest absolute Gasteiger partial charge is 0.257 e. The van der Waals surface area contributed by atoms with Crippen LogP contribution in [0.4, 0.5) is 65.9 Å². The molecule has 1 nitrogen and oxygen atoms in total. The van der Waals surface area contributed by atoms with Crippen LogP contribution in [0.5, 0.6) is 0 Å². The summed E-state index contributed by atoms with van der Waals surface area (Å²) in [7, 11) is 0. The molecule has 0 aromatic carbocycles. The van der Waals surface area contributed by atoms with Crippen LogP contribution in [-0.2, 0) is 4.79 Å². The van der Waals surface area contributed by atoms with E-state index < -0.39 is 67.3 Å². The number of carbonyl (C=O) groups excluding carboxylic acids is 1. The Labute approximate surface area is 139 Å². The molecule has 0 N–H and O–H groups in total. The molecular weight excluding hydrogens is 433 g/mol. The highest BCUT2D eigenvalue weighted by molar-refractivity contribution is 5.82. The van der Waals surface area contributed by atoms with Crippen molar-refractivity contribution in [3.05, 3.63) is 0 Å². The summed E-state index contributed by atoms with van der Waals surface area (Å²) >= 11 is 0. The first-order valence-electron chi connectivity index (χ1n) is 6.19. The number of hydrogen-bond donors (Lipinski definition) is 0. The topological polar surface area (TPSA) is 17.1 Å². The number of alkyl halides is 14. The zero-order chi connectivity index (χ0) is 22.3. The van der Waals surface area contributed by atoms with Crippen molar-refractivity contribution in [1.82, 2.24) is 0 Å². The summed E-state index contributed by atoms with van der Waals surface area (Å²) in [5, 5.41) is 0. The summed E-state index contributed by atoms with van der Waals surface area (Å²) in [6.07, 6.45) is -13.5. The van der Waals surface area contributed by atoms with Crippen LogP contribution >= 0.6 is 0 Å². The second-order valence-corrected chi connectivity index (χ2v) is 5.22. The van der Waals surface area contributed by atoms with Crippen molar-refractivity contribution in [2.45, 2.75) is 41.2 Å². The van der Waals surface area contributed by atoms with Crippen molar-refractivity contribution in [3.8, 4) is 0 Å². The molecule has 0 aromatic heterocycles. The molecule has 0 aliphatic rings. The van der Waals surface area contributed by atoms with Crippen LogP contribution in [0.3, 0.4) is 0 Å². The largest absolute Gasteiger partial charge is 0.431 e. The Bertz CT molecular complexity index is 540. The molecular formula is C11H7F15O. The van der Waals surface area contributed by atoms with Gasteiger partial charge in [0.05, 0.1) is 0 Å². The van der Waals surface area contributed by atoms with Crippen LogP contribution in [0.2, 0.25) is 0 Å². The molecule has 0 saturated heterocycles. The van der Waals surface area contributed by atoms with E-state index in [9.17, 15) is 70.7 Å². The Morgan fingerprint density at radius 1 is 0.741 bits per heavy atom. The van der Waals surface area contributed by atoms with Crippen molar-refractivity contribution < 1.29 is 70.7 Å². The first kappa shape index (κ1) is 25.6. The standard InChI is InChI=1S/C11H7F15O/c12-1-6(17,2-13)4(15)8(20,11(24,25)26)10(22,23)9(21,5(16)27)7(18,19)3-14/h4H,1-3H2. The fourth-order valence-electron chi connectivity index (χ4n) is 1.85. The molecule has 0 aliphatic carbocycles. The molecule has 0 heterocycles. The average molecular weight is 440 g/mol. The second-order valence-electron chi connectivity index (χ2n) is 5.22. The highest BCUT2D eigenvalue weighted by Crippen LogP contribution is 2.60. The van der Waals surface area contributed by atoms with E-state index in [1.54, 1.807) is 0 Å². The predicted octanol–water partition coefficient (Wildman–Crippen LogP) is 4.69. The molecule has 27 heavy (non-hydrogen) atoms. The van der Waals surface area contributed by atoms with E-state index in [1.807, 2.05) is 0 Å². The average Bonchev–Trinajstić information content (AvgIpc) is 2.56. The normalized spacial score (nSPS) is 20.0. The Morgan fingerprint density at radius 3 is 1.33 bits per heavy atom. The van der Waals surface area contributed by atoms with E-state index in [0.29, 0.717) is 0 Å².